The lowest BCUT2D eigenvalue weighted by molar-refractivity contribution is -0.119. The van der Waals surface area contributed by atoms with Crippen molar-refractivity contribution in [3.05, 3.63) is 35.9 Å². The molecule has 1 unspecified atom stereocenters. The van der Waals surface area contributed by atoms with Crippen LogP contribution in [-0.2, 0) is 16.1 Å². The fourth-order valence-corrected chi connectivity index (χ4v) is 2.00. The van der Waals surface area contributed by atoms with Crippen molar-refractivity contribution in [2.24, 2.45) is 0 Å². The molecule has 0 spiro atoms. The molecule has 0 aliphatic heterocycles. The summed E-state index contributed by atoms with van der Waals surface area (Å²) in [7, 11) is 1.92. The van der Waals surface area contributed by atoms with E-state index in [4.69, 9.17) is 4.74 Å². The highest BCUT2D eigenvalue weighted by molar-refractivity contribution is 5.85. The molecule has 0 saturated carbocycles. The lowest BCUT2D eigenvalue weighted by Gasteiger charge is -2.25. The number of benzene rings is 1. The smallest absolute Gasteiger partial charge is 0.408 e. The predicted octanol–water partition coefficient (Wildman–Crippen LogP) is 2.60. The highest BCUT2D eigenvalue weighted by Gasteiger charge is 2.23. The van der Waals surface area contributed by atoms with Crippen LogP contribution in [0, 0.1) is 0 Å². The number of nitrogens with one attached hydrogen (secondary N) is 1. The van der Waals surface area contributed by atoms with Crippen molar-refractivity contribution < 1.29 is 14.3 Å². The maximum absolute atomic E-state index is 11.8. The minimum absolute atomic E-state index is 0.0919. The van der Waals surface area contributed by atoms with Gasteiger partial charge in [-0.05, 0) is 40.3 Å². The van der Waals surface area contributed by atoms with Gasteiger partial charge in [0.05, 0.1) is 0 Å². The highest BCUT2D eigenvalue weighted by atomic mass is 16.6. The summed E-state index contributed by atoms with van der Waals surface area (Å²) in [5, 5.41) is 2.64. The third-order valence-electron chi connectivity index (χ3n) is 2.97. The van der Waals surface area contributed by atoms with Gasteiger partial charge in [-0.2, -0.15) is 0 Å². The SMILES string of the molecule is CC(=O)C(CN(C)Cc1ccccc1)NC(=O)OC(C)(C)C. The molecule has 5 nitrogen and oxygen atoms in total. The molecule has 122 valence electrons. The summed E-state index contributed by atoms with van der Waals surface area (Å²) in [6.07, 6.45) is -0.569. The van der Waals surface area contributed by atoms with Crippen molar-refractivity contribution >= 4 is 11.9 Å². The molecule has 0 fully saturated rings. The van der Waals surface area contributed by atoms with Crippen LogP contribution in [0.2, 0.25) is 0 Å². The summed E-state index contributed by atoms with van der Waals surface area (Å²) in [5.74, 6) is -0.0919. The number of nitrogens with zero attached hydrogens (tertiary/aromatic N) is 1. The third-order valence-corrected chi connectivity index (χ3v) is 2.97. The highest BCUT2D eigenvalue weighted by Crippen LogP contribution is 2.08. The molecule has 1 atom stereocenters. The van der Waals surface area contributed by atoms with Crippen LogP contribution in [0.25, 0.3) is 0 Å². The quantitative estimate of drug-likeness (QED) is 0.877. The number of carbonyl (C=O) groups excluding carboxylic acids is 2. The second kappa shape index (κ2) is 7.94. The first kappa shape index (κ1) is 18.2. The lowest BCUT2D eigenvalue weighted by Crippen LogP contribution is -2.48. The van der Waals surface area contributed by atoms with Gasteiger partial charge in [0, 0.05) is 13.1 Å². The summed E-state index contributed by atoms with van der Waals surface area (Å²) in [4.78, 5) is 25.5. The molecule has 0 aliphatic rings. The van der Waals surface area contributed by atoms with Crippen LogP contribution in [-0.4, -0.2) is 42.0 Å². The molecule has 0 saturated heterocycles. The monoisotopic (exact) mass is 306 g/mol. The zero-order valence-electron chi connectivity index (χ0n) is 14.1. The predicted molar refractivity (Wildman–Crippen MR) is 86.6 cm³/mol. The van der Waals surface area contributed by atoms with Crippen molar-refractivity contribution in [3.8, 4) is 0 Å². The Balaban J connectivity index is 2.57. The van der Waals surface area contributed by atoms with Crippen molar-refractivity contribution in [1.82, 2.24) is 10.2 Å². The van der Waals surface area contributed by atoms with E-state index in [0.717, 1.165) is 5.56 Å². The number of ether oxygens (including phenoxy) is 1. The molecule has 1 N–H and O–H groups in total. The van der Waals surface area contributed by atoms with Crippen LogP contribution in [0.4, 0.5) is 4.79 Å². The molecule has 1 rings (SSSR count). The van der Waals surface area contributed by atoms with E-state index in [-0.39, 0.29) is 5.78 Å². The minimum atomic E-state index is -0.582. The standard InChI is InChI=1S/C17H26N2O3/c1-13(20)15(18-16(21)22-17(2,3)4)12-19(5)11-14-9-7-6-8-10-14/h6-10,15H,11-12H2,1-5H3,(H,18,21). The number of Topliss-reactive ketones (excluding diaryl/α,β-unsaturated/α-hetero) is 1. The van der Waals surface area contributed by atoms with Crippen molar-refractivity contribution in [3.63, 3.8) is 0 Å². The maximum atomic E-state index is 11.8. The zero-order valence-corrected chi connectivity index (χ0v) is 14.1. The van der Waals surface area contributed by atoms with E-state index in [1.165, 1.54) is 6.92 Å². The van der Waals surface area contributed by atoms with Crippen LogP contribution in [0.3, 0.4) is 0 Å². The molecule has 22 heavy (non-hydrogen) atoms. The van der Waals surface area contributed by atoms with Gasteiger partial charge in [-0.15, -0.1) is 0 Å². The summed E-state index contributed by atoms with van der Waals surface area (Å²) in [6, 6.07) is 9.39. The average Bonchev–Trinajstić information content (AvgIpc) is 2.36. The number of hydrogen-bond acceptors (Lipinski definition) is 4. The third kappa shape index (κ3) is 7.22. The molecule has 5 heteroatoms. The molecule has 1 aromatic carbocycles. The largest absolute Gasteiger partial charge is 0.444 e. The van der Waals surface area contributed by atoms with E-state index < -0.39 is 17.7 Å². The normalized spacial score (nSPS) is 12.8. The lowest BCUT2D eigenvalue weighted by atomic mass is 10.1. The molecule has 1 aromatic rings. The molecular formula is C17H26N2O3. The molecular weight excluding hydrogens is 280 g/mol. The summed E-state index contributed by atoms with van der Waals surface area (Å²) in [5.41, 5.74) is 0.575. The minimum Gasteiger partial charge on any atom is -0.444 e. The van der Waals surface area contributed by atoms with Gasteiger partial charge in [0.15, 0.2) is 5.78 Å². The van der Waals surface area contributed by atoms with E-state index in [1.807, 2.05) is 42.3 Å². The van der Waals surface area contributed by atoms with Crippen molar-refractivity contribution in [2.75, 3.05) is 13.6 Å². The van der Waals surface area contributed by atoms with Gasteiger partial charge in [0.2, 0.25) is 0 Å². The fourth-order valence-electron chi connectivity index (χ4n) is 2.00. The average molecular weight is 306 g/mol. The van der Waals surface area contributed by atoms with E-state index in [1.54, 1.807) is 20.8 Å². The van der Waals surface area contributed by atoms with Gasteiger partial charge in [-0.1, -0.05) is 30.3 Å². The first-order valence-electron chi connectivity index (χ1n) is 7.40. The van der Waals surface area contributed by atoms with Gasteiger partial charge in [0.1, 0.15) is 11.6 Å². The Bertz CT molecular complexity index is 494. The first-order chi connectivity index (χ1) is 10.2. The van der Waals surface area contributed by atoms with E-state index >= 15 is 0 Å². The number of likely N-dealkylation sites (N-methyl/N-ethyl adjacent to an activating group) is 1. The van der Waals surface area contributed by atoms with Crippen LogP contribution >= 0.6 is 0 Å². The molecule has 0 aromatic heterocycles. The van der Waals surface area contributed by atoms with Gasteiger partial charge >= 0.3 is 6.09 Å². The first-order valence-corrected chi connectivity index (χ1v) is 7.40. The van der Waals surface area contributed by atoms with Gasteiger partial charge in [-0.25, -0.2) is 4.79 Å². The number of alkyl carbamates (subject to hydrolysis) is 1. The molecule has 1 amide bonds. The second-order valence-electron chi connectivity index (χ2n) is 6.49. The number of amides is 1. The van der Waals surface area contributed by atoms with Crippen molar-refractivity contribution in [1.29, 1.82) is 0 Å². The van der Waals surface area contributed by atoms with Crippen LogP contribution < -0.4 is 5.32 Å². The maximum Gasteiger partial charge on any atom is 0.408 e. The molecule has 0 radical (unpaired) electrons. The topological polar surface area (TPSA) is 58.6 Å². The Morgan fingerprint density at radius 1 is 1.23 bits per heavy atom. The number of ketones is 1. The molecule has 0 heterocycles. The Morgan fingerprint density at radius 3 is 2.32 bits per heavy atom. The second-order valence-corrected chi connectivity index (χ2v) is 6.49. The molecule has 0 bridgehead atoms. The van der Waals surface area contributed by atoms with Gasteiger partial charge in [-0.3, -0.25) is 9.69 Å². The Labute approximate surface area is 132 Å². The number of carbonyl (C=O) groups is 2. The zero-order chi connectivity index (χ0) is 16.8. The van der Waals surface area contributed by atoms with E-state index in [0.29, 0.717) is 13.1 Å². The van der Waals surface area contributed by atoms with Crippen LogP contribution in [0.15, 0.2) is 30.3 Å². The summed E-state index contributed by atoms with van der Waals surface area (Å²) in [6.45, 7) is 7.98. The number of hydrogen-bond donors (Lipinski definition) is 1. The molecule has 0 aliphatic carbocycles. The fraction of sp³-hybridized carbons (Fsp3) is 0.529. The van der Waals surface area contributed by atoms with Crippen molar-refractivity contribution in [2.45, 2.75) is 45.9 Å². The van der Waals surface area contributed by atoms with E-state index in [9.17, 15) is 9.59 Å². The van der Waals surface area contributed by atoms with Crippen LogP contribution in [0.1, 0.15) is 33.3 Å². The number of rotatable bonds is 6. The Kier molecular flexibility index (Phi) is 6.56. The Hall–Kier alpha value is -1.88. The van der Waals surface area contributed by atoms with E-state index in [2.05, 4.69) is 5.32 Å². The Morgan fingerprint density at radius 2 is 1.82 bits per heavy atom. The van der Waals surface area contributed by atoms with Gasteiger partial charge in [0.25, 0.3) is 0 Å². The summed E-state index contributed by atoms with van der Waals surface area (Å²) < 4.78 is 5.20. The summed E-state index contributed by atoms with van der Waals surface area (Å²) >= 11 is 0. The van der Waals surface area contributed by atoms with Crippen LogP contribution in [0.5, 0.6) is 0 Å². The van der Waals surface area contributed by atoms with Gasteiger partial charge < -0.3 is 10.1 Å².